The van der Waals surface area contributed by atoms with E-state index in [1.807, 2.05) is 30.3 Å². The Balaban J connectivity index is 1.82. The van der Waals surface area contributed by atoms with Crippen LogP contribution in [-0.4, -0.2) is 24.5 Å². The Bertz CT molecular complexity index is 703. The summed E-state index contributed by atoms with van der Waals surface area (Å²) >= 11 is 1.39. The van der Waals surface area contributed by atoms with Crippen LogP contribution in [0.1, 0.15) is 5.56 Å². The highest BCUT2D eigenvalue weighted by Crippen LogP contribution is 2.12. The lowest BCUT2D eigenvalue weighted by Gasteiger charge is -2.06. The van der Waals surface area contributed by atoms with Crippen LogP contribution in [0.15, 0.2) is 47.6 Å². The van der Waals surface area contributed by atoms with Gasteiger partial charge in [0.1, 0.15) is 17.4 Å². The molecule has 0 bridgehead atoms. The fraction of sp³-hybridized carbons (Fsp3) is 0.188. The van der Waals surface area contributed by atoms with Gasteiger partial charge in [0, 0.05) is 24.3 Å². The number of hydrogen-bond acceptors (Lipinski definition) is 6. The van der Waals surface area contributed by atoms with Gasteiger partial charge in [-0.25, -0.2) is 4.98 Å². The van der Waals surface area contributed by atoms with Gasteiger partial charge in [-0.1, -0.05) is 12.1 Å². The summed E-state index contributed by atoms with van der Waals surface area (Å²) in [4.78, 5) is 16.0. The van der Waals surface area contributed by atoms with E-state index in [9.17, 15) is 4.79 Å². The highest BCUT2D eigenvalue weighted by atomic mass is 32.1. The average molecular weight is 328 g/mol. The Morgan fingerprint density at radius 2 is 2.22 bits per heavy atom. The molecule has 1 aromatic heterocycles. The smallest absolute Gasteiger partial charge is 0.263 e. The number of carbonyl (C=O) groups is 1. The quantitative estimate of drug-likeness (QED) is 0.602. The van der Waals surface area contributed by atoms with Gasteiger partial charge in [0.2, 0.25) is 0 Å². The highest BCUT2D eigenvalue weighted by Gasteiger charge is 2.08. The van der Waals surface area contributed by atoms with Gasteiger partial charge in [-0.05, 0) is 24.1 Å². The van der Waals surface area contributed by atoms with Crippen LogP contribution < -0.4 is 15.4 Å². The molecule has 0 aliphatic rings. The van der Waals surface area contributed by atoms with Crippen molar-refractivity contribution in [3.63, 3.8) is 0 Å². The second kappa shape index (κ2) is 8.56. The minimum atomic E-state index is -0.412. The molecule has 118 valence electrons. The molecule has 7 heteroatoms. The molecule has 1 amide bonds. The van der Waals surface area contributed by atoms with E-state index in [0.29, 0.717) is 18.1 Å². The predicted octanol–water partition coefficient (Wildman–Crippen LogP) is 2.33. The van der Waals surface area contributed by atoms with Crippen LogP contribution in [0.3, 0.4) is 0 Å². The number of carbonyl (C=O) groups excluding carboxylic acids is 1. The van der Waals surface area contributed by atoms with Gasteiger partial charge in [-0.15, -0.1) is 11.3 Å². The van der Waals surface area contributed by atoms with Crippen molar-refractivity contribution in [1.82, 2.24) is 10.3 Å². The van der Waals surface area contributed by atoms with Crippen molar-refractivity contribution >= 4 is 22.4 Å². The maximum atomic E-state index is 11.9. The number of nitriles is 1. The van der Waals surface area contributed by atoms with E-state index in [-0.39, 0.29) is 5.57 Å². The van der Waals surface area contributed by atoms with Crippen LogP contribution >= 0.6 is 11.3 Å². The first-order valence-corrected chi connectivity index (χ1v) is 7.78. The Labute approximate surface area is 138 Å². The van der Waals surface area contributed by atoms with Crippen molar-refractivity contribution in [2.45, 2.75) is 6.42 Å². The lowest BCUT2D eigenvalue weighted by Crippen LogP contribution is -2.27. The minimum Gasteiger partial charge on any atom is -0.497 e. The summed E-state index contributed by atoms with van der Waals surface area (Å²) in [6, 6.07) is 9.50. The number of anilines is 1. The number of nitrogens with one attached hydrogen (secondary N) is 2. The second-order valence-electron chi connectivity index (χ2n) is 4.51. The summed E-state index contributed by atoms with van der Waals surface area (Å²) in [7, 11) is 1.62. The number of thiazole rings is 1. The lowest BCUT2D eigenvalue weighted by atomic mass is 10.1. The number of benzene rings is 1. The Kier molecular flexibility index (Phi) is 6.15. The standard InChI is InChI=1S/C16H16N4O2S/c1-22-14-4-2-12(3-5-14)6-7-18-15(21)13(10-17)11-20-16-19-8-9-23-16/h2-5,8-9,11H,6-7H2,1H3,(H,18,21)(H,19,20)/b13-11-. The van der Waals surface area contributed by atoms with E-state index >= 15 is 0 Å². The van der Waals surface area contributed by atoms with Crippen LogP contribution in [0.4, 0.5) is 5.13 Å². The zero-order valence-corrected chi connectivity index (χ0v) is 13.4. The average Bonchev–Trinajstić information content (AvgIpc) is 3.09. The first-order chi connectivity index (χ1) is 11.2. The van der Waals surface area contributed by atoms with Crippen molar-refractivity contribution < 1.29 is 9.53 Å². The summed E-state index contributed by atoms with van der Waals surface area (Å²) < 4.78 is 5.09. The van der Waals surface area contributed by atoms with Crippen LogP contribution in [0.5, 0.6) is 5.75 Å². The number of rotatable bonds is 7. The Morgan fingerprint density at radius 1 is 1.43 bits per heavy atom. The number of nitrogens with zero attached hydrogens (tertiary/aromatic N) is 2. The third-order valence-electron chi connectivity index (χ3n) is 3.00. The van der Waals surface area contributed by atoms with Gasteiger partial charge in [0.25, 0.3) is 5.91 Å². The van der Waals surface area contributed by atoms with Gasteiger partial charge >= 0.3 is 0 Å². The second-order valence-corrected chi connectivity index (χ2v) is 5.40. The number of amides is 1. The summed E-state index contributed by atoms with van der Waals surface area (Å²) in [5, 5.41) is 17.0. The Morgan fingerprint density at radius 3 is 2.83 bits per heavy atom. The molecule has 1 aromatic carbocycles. The molecule has 0 aliphatic carbocycles. The SMILES string of the molecule is COc1ccc(CCNC(=O)/C(C#N)=C\Nc2nccs2)cc1. The molecule has 0 radical (unpaired) electrons. The molecule has 0 aliphatic heterocycles. The van der Waals surface area contributed by atoms with E-state index in [2.05, 4.69) is 15.6 Å². The van der Waals surface area contributed by atoms with Crippen LogP contribution in [0.25, 0.3) is 0 Å². The van der Waals surface area contributed by atoms with Crippen LogP contribution in [-0.2, 0) is 11.2 Å². The number of ether oxygens (including phenoxy) is 1. The topological polar surface area (TPSA) is 87.0 Å². The van der Waals surface area contributed by atoms with Gasteiger partial charge in [-0.2, -0.15) is 5.26 Å². The number of aromatic nitrogens is 1. The van der Waals surface area contributed by atoms with Gasteiger partial charge in [-0.3, -0.25) is 4.79 Å². The minimum absolute atomic E-state index is 0.00920. The molecule has 0 fully saturated rings. The molecule has 6 nitrogen and oxygen atoms in total. The number of methoxy groups -OCH3 is 1. The van der Waals surface area contributed by atoms with Crippen molar-refractivity contribution in [2.24, 2.45) is 0 Å². The molecule has 0 unspecified atom stereocenters. The molecule has 0 atom stereocenters. The van der Waals surface area contributed by atoms with E-state index in [1.165, 1.54) is 17.5 Å². The molecule has 2 aromatic rings. The monoisotopic (exact) mass is 328 g/mol. The summed E-state index contributed by atoms with van der Waals surface area (Å²) in [5.41, 5.74) is 1.09. The number of hydrogen-bond donors (Lipinski definition) is 2. The zero-order chi connectivity index (χ0) is 16.5. The molecule has 0 saturated heterocycles. The third-order valence-corrected chi connectivity index (χ3v) is 3.70. The van der Waals surface area contributed by atoms with E-state index in [0.717, 1.165) is 11.3 Å². The molecule has 2 rings (SSSR count). The molecule has 0 saturated carbocycles. The van der Waals surface area contributed by atoms with E-state index in [4.69, 9.17) is 10.00 Å². The lowest BCUT2D eigenvalue weighted by molar-refractivity contribution is -0.117. The van der Waals surface area contributed by atoms with Crippen LogP contribution in [0.2, 0.25) is 0 Å². The molecule has 1 heterocycles. The molecule has 0 spiro atoms. The van der Waals surface area contributed by atoms with E-state index < -0.39 is 5.91 Å². The third kappa shape index (κ3) is 5.13. The molecule has 2 N–H and O–H groups in total. The summed E-state index contributed by atoms with van der Waals surface area (Å²) in [6.45, 7) is 0.446. The molecular formula is C16H16N4O2S. The summed E-state index contributed by atoms with van der Waals surface area (Å²) in [5.74, 6) is 0.380. The van der Waals surface area contributed by atoms with Crippen molar-refractivity contribution in [1.29, 1.82) is 5.26 Å². The maximum Gasteiger partial charge on any atom is 0.263 e. The molecule has 23 heavy (non-hydrogen) atoms. The maximum absolute atomic E-state index is 11.9. The first-order valence-electron chi connectivity index (χ1n) is 6.90. The zero-order valence-electron chi connectivity index (χ0n) is 12.6. The van der Waals surface area contributed by atoms with Crippen molar-refractivity contribution in [3.8, 4) is 11.8 Å². The highest BCUT2D eigenvalue weighted by molar-refractivity contribution is 7.13. The fourth-order valence-corrected chi connectivity index (χ4v) is 2.28. The van der Waals surface area contributed by atoms with Gasteiger partial charge in [0.05, 0.1) is 7.11 Å². The summed E-state index contributed by atoms with van der Waals surface area (Å²) in [6.07, 6.45) is 3.68. The van der Waals surface area contributed by atoms with Crippen molar-refractivity contribution in [3.05, 3.63) is 53.2 Å². The van der Waals surface area contributed by atoms with Crippen molar-refractivity contribution in [2.75, 3.05) is 19.0 Å². The normalized spacial score (nSPS) is 10.7. The van der Waals surface area contributed by atoms with Gasteiger partial charge in [0.15, 0.2) is 5.13 Å². The van der Waals surface area contributed by atoms with Crippen LogP contribution in [0, 0.1) is 11.3 Å². The fourth-order valence-electron chi connectivity index (χ4n) is 1.79. The Hall–Kier alpha value is -2.85. The molecular weight excluding hydrogens is 312 g/mol. The van der Waals surface area contributed by atoms with E-state index in [1.54, 1.807) is 18.7 Å². The predicted molar refractivity (Wildman–Crippen MR) is 89.1 cm³/mol. The first kappa shape index (κ1) is 16.5. The largest absolute Gasteiger partial charge is 0.497 e. The van der Waals surface area contributed by atoms with Gasteiger partial charge < -0.3 is 15.4 Å².